The van der Waals surface area contributed by atoms with Gasteiger partial charge in [0.2, 0.25) is 11.8 Å². The van der Waals surface area contributed by atoms with Gasteiger partial charge in [0.25, 0.3) is 0 Å². The Morgan fingerprint density at radius 2 is 2.10 bits per heavy atom. The van der Waals surface area contributed by atoms with Crippen molar-refractivity contribution in [2.75, 3.05) is 26.7 Å². The molecule has 3 unspecified atom stereocenters. The second-order valence-electron chi connectivity index (χ2n) is 8.46. The number of hydrogen-bond donors (Lipinski definition) is 0. The quantitative estimate of drug-likeness (QED) is 0.645. The molecule has 2 aliphatic heterocycles. The molecule has 31 heavy (non-hydrogen) atoms. The number of ether oxygens (including phenoxy) is 1. The van der Waals surface area contributed by atoms with Crippen LogP contribution in [0.15, 0.2) is 35.8 Å². The summed E-state index contributed by atoms with van der Waals surface area (Å²) >= 11 is 1.66. The molecule has 7 heteroatoms. The highest BCUT2D eigenvalue weighted by atomic mass is 32.1. The Bertz CT molecular complexity index is 884. The van der Waals surface area contributed by atoms with Crippen molar-refractivity contribution >= 4 is 23.2 Å². The Labute approximate surface area is 188 Å². The zero-order valence-electron chi connectivity index (χ0n) is 18.3. The molecule has 6 nitrogen and oxygen atoms in total. The fraction of sp³-hybridized carbons (Fsp3) is 0.542. The highest BCUT2D eigenvalue weighted by Crippen LogP contribution is 2.41. The molecule has 2 amide bonds. The maximum atomic E-state index is 13.7. The van der Waals surface area contributed by atoms with Crippen LogP contribution in [-0.4, -0.2) is 53.3 Å². The van der Waals surface area contributed by atoms with Gasteiger partial charge >= 0.3 is 0 Å². The van der Waals surface area contributed by atoms with Gasteiger partial charge in [0.15, 0.2) is 0 Å². The fourth-order valence-electron chi connectivity index (χ4n) is 4.87. The van der Waals surface area contributed by atoms with E-state index in [0.29, 0.717) is 19.0 Å². The van der Waals surface area contributed by atoms with E-state index in [9.17, 15) is 9.59 Å². The Kier molecular flexibility index (Phi) is 6.90. The van der Waals surface area contributed by atoms with Gasteiger partial charge in [-0.15, -0.1) is 11.3 Å². The van der Waals surface area contributed by atoms with Crippen LogP contribution in [0.3, 0.4) is 0 Å². The molecule has 0 N–H and O–H groups in total. The van der Waals surface area contributed by atoms with Crippen LogP contribution in [0.25, 0.3) is 0 Å². The first kappa shape index (κ1) is 21.8. The third-order valence-corrected chi connectivity index (χ3v) is 7.43. The summed E-state index contributed by atoms with van der Waals surface area (Å²) in [6.45, 7) is 4.27. The van der Waals surface area contributed by atoms with Gasteiger partial charge in [-0.05, 0) is 37.0 Å². The second kappa shape index (κ2) is 9.81. The number of rotatable bonds is 7. The molecule has 2 fully saturated rings. The molecule has 1 aromatic carbocycles. The number of aromatic nitrogens is 1. The lowest BCUT2D eigenvalue weighted by atomic mass is 9.90. The molecule has 4 rings (SSSR count). The summed E-state index contributed by atoms with van der Waals surface area (Å²) in [5.74, 6) is 0.923. The van der Waals surface area contributed by atoms with Gasteiger partial charge in [-0.3, -0.25) is 9.59 Å². The van der Waals surface area contributed by atoms with E-state index in [2.05, 4.69) is 11.9 Å². The van der Waals surface area contributed by atoms with Gasteiger partial charge < -0.3 is 14.5 Å². The lowest BCUT2D eigenvalue weighted by Crippen LogP contribution is -2.44. The Morgan fingerprint density at radius 1 is 1.29 bits per heavy atom. The highest BCUT2D eigenvalue weighted by Gasteiger charge is 2.46. The Morgan fingerprint density at radius 3 is 2.77 bits per heavy atom. The van der Waals surface area contributed by atoms with E-state index in [0.717, 1.165) is 48.5 Å². The first-order chi connectivity index (χ1) is 15.1. The lowest BCUT2D eigenvalue weighted by Gasteiger charge is -2.35. The number of carbonyl (C=O) groups excluding carboxylic acids is 2. The first-order valence-electron chi connectivity index (χ1n) is 11.2. The van der Waals surface area contributed by atoms with Crippen LogP contribution in [0, 0.1) is 5.92 Å². The predicted octanol–water partition coefficient (Wildman–Crippen LogP) is 4.25. The van der Waals surface area contributed by atoms with Gasteiger partial charge in [0.05, 0.1) is 24.1 Å². The van der Waals surface area contributed by atoms with E-state index < -0.39 is 0 Å². The molecule has 0 spiro atoms. The van der Waals surface area contributed by atoms with Gasteiger partial charge in [0.1, 0.15) is 5.75 Å². The first-order valence-corrected chi connectivity index (χ1v) is 12.1. The molecule has 0 aliphatic carbocycles. The number of unbranched alkanes of at least 4 members (excludes halogenated alkanes) is 1. The van der Waals surface area contributed by atoms with Crippen LogP contribution in [0.1, 0.15) is 61.6 Å². The minimum Gasteiger partial charge on any atom is -0.497 e. The third kappa shape index (κ3) is 4.61. The Hall–Kier alpha value is -2.41. The van der Waals surface area contributed by atoms with E-state index in [1.165, 1.54) is 0 Å². The van der Waals surface area contributed by atoms with Gasteiger partial charge in [-0.25, -0.2) is 4.98 Å². The summed E-state index contributed by atoms with van der Waals surface area (Å²) in [6, 6.07) is 7.61. The normalized spacial score (nSPS) is 23.9. The van der Waals surface area contributed by atoms with Crippen molar-refractivity contribution in [3.05, 3.63) is 46.4 Å². The van der Waals surface area contributed by atoms with Crippen molar-refractivity contribution in [2.24, 2.45) is 5.92 Å². The summed E-state index contributed by atoms with van der Waals surface area (Å²) in [5.41, 5.74) is 1.01. The predicted molar refractivity (Wildman–Crippen MR) is 121 cm³/mol. The van der Waals surface area contributed by atoms with Crippen LogP contribution >= 0.6 is 11.3 Å². The lowest BCUT2D eigenvalue weighted by molar-refractivity contribution is -0.137. The summed E-state index contributed by atoms with van der Waals surface area (Å²) in [7, 11) is 1.64. The second-order valence-corrected chi connectivity index (χ2v) is 9.39. The van der Waals surface area contributed by atoms with E-state index in [1.807, 2.05) is 45.6 Å². The monoisotopic (exact) mass is 441 g/mol. The molecule has 3 heterocycles. The molecular formula is C24H31N3O3S. The SMILES string of the molecule is CCCCN1C(=O)CC(C(=O)N2CCCC(c3nccs3)C2)C1c1ccc(OC)cc1. The number of thiazole rings is 1. The Balaban J connectivity index is 1.57. The topological polar surface area (TPSA) is 62.7 Å². The van der Waals surface area contributed by atoms with Crippen molar-refractivity contribution in [2.45, 2.75) is 51.0 Å². The maximum Gasteiger partial charge on any atom is 0.228 e. The smallest absolute Gasteiger partial charge is 0.228 e. The van der Waals surface area contributed by atoms with E-state index >= 15 is 0 Å². The summed E-state index contributed by atoms with van der Waals surface area (Å²) < 4.78 is 5.30. The van der Waals surface area contributed by atoms with Crippen LogP contribution < -0.4 is 4.74 Å². The highest BCUT2D eigenvalue weighted by molar-refractivity contribution is 7.09. The standard InChI is InChI=1S/C24H31N3O3S/c1-3-4-13-27-21(28)15-20(22(27)17-7-9-19(30-2)10-8-17)24(29)26-12-5-6-18(16-26)23-25-11-14-31-23/h7-11,14,18,20,22H,3-6,12-13,15-16H2,1-2H3. The number of carbonyl (C=O) groups is 2. The third-order valence-electron chi connectivity index (χ3n) is 6.49. The van der Waals surface area contributed by atoms with Gasteiger partial charge in [-0.2, -0.15) is 0 Å². The van der Waals surface area contributed by atoms with Crippen molar-refractivity contribution in [3.63, 3.8) is 0 Å². The van der Waals surface area contributed by atoms with Crippen LogP contribution in [0.2, 0.25) is 0 Å². The molecule has 0 saturated carbocycles. The number of likely N-dealkylation sites (tertiary alicyclic amines) is 2. The molecular weight excluding hydrogens is 410 g/mol. The minimum atomic E-state index is -0.340. The van der Waals surface area contributed by atoms with Crippen molar-refractivity contribution in [1.29, 1.82) is 0 Å². The summed E-state index contributed by atoms with van der Waals surface area (Å²) in [6.07, 6.45) is 6.11. The van der Waals surface area contributed by atoms with E-state index in [4.69, 9.17) is 4.74 Å². The maximum absolute atomic E-state index is 13.7. The number of benzene rings is 1. The summed E-state index contributed by atoms with van der Waals surface area (Å²) in [5, 5.41) is 3.10. The van der Waals surface area contributed by atoms with Gasteiger partial charge in [0, 0.05) is 43.5 Å². The van der Waals surface area contributed by atoms with E-state index in [1.54, 1.807) is 18.4 Å². The fourth-order valence-corrected chi connectivity index (χ4v) is 5.63. The van der Waals surface area contributed by atoms with Crippen LogP contribution in [-0.2, 0) is 9.59 Å². The zero-order chi connectivity index (χ0) is 21.8. The molecule has 1 aromatic heterocycles. The van der Waals surface area contributed by atoms with Crippen molar-refractivity contribution in [1.82, 2.24) is 14.8 Å². The number of methoxy groups -OCH3 is 1. The van der Waals surface area contributed by atoms with Crippen molar-refractivity contribution in [3.8, 4) is 5.75 Å². The zero-order valence-corrected chi connectivity index (χ0v) is 19.1. The van der Waals surface area contributed by atoms with Crippen LogP contribution in [0.4, 0.5) is 0 Å². The van der Waals surface area contributed by atoms with Crippen LogP contribution in [0.5, 0.6) is 5.75 Å². The molecule has 2 aromatic rings. The molecule has 0 radical (unpaired) electrons. The number of piperidine rings is 1. The molecule has 0 bridgehead atoms. The molecule has 2 aliphatic rings. The van der Waals surface area contributed by atoms with E-state index in [-0.39, 0.29) is 30.2 Å². The number of hydrogen-bond acceptors (Lipinski definition) is 5. The average Bonchev–Trinajstić information content (AvgIpc) is 3.46. The largest absolute Gasteiger partial charge is 0.497 e. The molecule has 2 saturated heterocycles. The molecule has 166 valence electrons. The van der Waals surface area contributed by atoms with Crippen molar-refractivity contribution < 1.29 is 14.3 Å². The van der Waals surface area contributed by atoms with Gasteiger partial charge in [-0.1, -0.05) is 25.5 Å². The summed E-state index contributed by atoms with van der Waals surface area (Å²) in [4.78, 5) is 35.0. The number of amides is 2. The number of nitrogens with zero attached hydrogens (tertiary/aromatic N) is 3. The average molecular weight is 442 g/mol. The minimum absolute atomic E-state index is 0.0844. The molecule has 3 atom stereocenters.